The summed E-state index contributed by atoms with van der Waals surface area (Å²) in [6.45, 7) is 0. The van der Waals surface area contributed by atoms with E-state index in [1.165, 1.54) is 0 Å². The van der Waals surface area contributed by atoms with Crippen LogP contribution in [0.4, 0.5) is 0 Å². The van der Waals surface area contributed by atoms with Gasteiger partial charge in [-0.3, -0.25) is 9.78 Å². The minimum Gasteiger partial charge on any atom is -0.267 e. The summed E-state index contributed by atoms with van der Waals surface area (Å²) >= 11 is 0. The van der Waals surface area contributed by atoms with E-state index in [2.05, 4.69) is 9.98 Å². The highest BCUT2D eigenvalue weighted by atomic mass is 16.1. The van der Waals surface area contributed by atoms with Crippen molar-refractivity contribution in [2.75, 3.05) is 0 Å². The van der Waals surface area contributed by atoms with E-state index in [9.17, 15) is 4.79 Å². The molecule has 0 radical (unpaired) electrons. The molecule has 0 fully saturated rings. The largest absolute Gasteiger partial charge is 0.280 e. The number of nitrogens with zero attached hydrogens (tertiary/aromatic N) is 2. The SMILES string of the molecule is O=C1N=c2ccccc2=C1c1ccccn1. The van der Waals surface area contributed by atoms with Crippen LogP contribution >= 0.6 is 0 Å². The first-order valence-corrected chi connectivity index (χ1v) is 5.00. The smallest absolute Gasteiger partial charge is 0.267 e. The van der Waals surface area contributed by atoms with Gasteiger partial charge in [0.05, 0.1) is 16.6 Å². The van der Waals surface area contributed by atoms with Crippen LogP contribution in [0.5, 0.6) is 0 Å². The second-order valence-electron chi connectivity index (χ2n) is 3.52. The van der Waals surface area contributed by atoms with E-state index in [-0.39, 0.29) is 5.91 Å². The van der Waals surface area contributed by atoms with Crippen LogP contribution in [0, 0.1) is 0 Å². The summed E-state index contributed by atoms with van der Waals surface area (Å²) < 4.78 is 0. The molecule has 2 aromatic rings. The van der Waals surface area contributed by atoms with Crippen molar-refractivity contribution < 1.29 is 4.79 Å². The Kier molecular flexibility index (Phi) is 1.90. The van der Waals surface area contributed by atoms with Crippen molar-refractivity contribution in [1.82, 2.24) is 4.98 Å². The van der Waals surface area contributed by atoms with Gasteiger partial charge in [-0.15, -0.1) is 0 Å². The maximum Gasteiger partial charge on any atom is 0.280 e. The Morgan fingerprint density at radius 2 is 1.75 bits per heavy atom. The van der Waals surface area contributed by atoms with Gasteiger partial charge >= 0.3 is 0 Å². The van der Waals surface area contributed by atoms with Gasteiger partial charge in [0.1, 0.15) is 0 Å². The zero-order valence-electron chi connectivity index (χ0n) is 8.42. The number of hydrogen-bond acceptors (Lipinski definition) is 2. The summed E-state index contributed by atoms with van der Waals surface area (Å²) in [7, 11) is 0. The molecule has 1 amide bonds. The van der Waals surface area contributed by atoms with E-state index in [1.54, 1.807) is 6.20 Å². The Labute approximate surface area is 91.8 Å². The third-order valence-electron chi connectivity index (χ3n) is 2.53. The minimum atomic E-state index is -0.208. The predicted molar refractivity (Wildman–Crippen MR) is 59.0 cm³/mol. The predicted octanol–water partition coefficient (Wildman–Crippen LogP) is 0.440. The Bertz CT molecular complexity index is 675. The summed E-state index contributed by atoms with van der Waals surface area (Å²) in [6.07, 6.45) is 1.68. The van der Waals surface area contributed by atoms with Crippen LogP contribution in [0.1, 0.15) is 5.69 Å². The molecule has 0 N–H and O–H groups in total. The van der Waals surface area contributed by atoms with E-state index in [0.29, 0.717) is 11.3 Å². The van der Waals surface area contributed by atoms with Gasteiger partial charge in [-0.2, -0.15) is 0 Å². The first-order chi connectivity index (χ1) is 7.86. The molecule has 0 unspecified atom stereocenters. The van der Waals surface area contributed by atoms with Crippen LogP contribution in [0.25, 0.3) is 5.57 Å². The van der Waals surface area contributed by atoms with Crippen LogP contribution in [-0.4, -0.2) is 10.9 Å². The first-order valence-electron chi connectivity index (χ1n) is 5.00. The molecule has 3 rings (SSSR count). The van der Waals surface area contributed by atoms with Crippen molar-refractivity contribution in [2.24, 2.45) is 4.99 Å². The molecule has 0 aliphatic carbocycles. The van der Waals surface area contributed by atoms with Gasteiger partial charge in [0.25, 0.3) is 5.91 Å². The van der Waals surface area contributed by atoms with Gasteiger partial charge in [0.2, 0.25) is 0 Å². The number of fused-ring (bicyclic) bond motifs is 1. The number of pyridine rings is 1. The van der Waals surface area contributed by atoms with Gasteiger partial charge in [-0.25, -0.2) is 4.99 Å². The third kappa shape index (κ3) is 1.26. The van der Waals surface area contributed by atoms with Crippen LogP contribution in [-0.2, 0) is 4.79 Å². The third-order valence-corrected chi connectivity index (χ3v) is 2.53. The molecule has 0 bridgehead atoms. The molecule has 16 heavy (non-hydrogen) atoms. The van der Waals surface area contributed by atoms with Crippen molar-refractivity contribution in [3.8, 4) is 0 Å². The first kappa shape index (κ1) is 8.97. The Morgan fingerprint density at radius 3 is 2.56 bits per heavy atom. The molecule has 2 heterocycles. The highest BCUT2D eigenvalue weighted by Crippen LogP contribution is 2.10. The van der Waals surface area contributed by atoms with Crippen molar-refractivity contribution >= 4 is 11.5 Å². The lowest BCUT2D eigenvalue weighted by Crippen LogP contribution is -2.22. The summed E-state index contributed by atoms with van der Waals surface area (Å²) in [5, 5.41) is 1.60. The lowest BCUT2D eigenvalue weighted by atomic mass is 10.1. The highest BCUT2D eigenvalue weighted by molar-refractivity contribution is 6.20. The molecule has 3 heteroatoms. The molecular weight excluding hydrogens is 200 g/mol. The Balaban J connectivity index is 2.39. The fraction of sp³-hybridized carbons (Fsp3) is 0. The van der Waals surface area contributed by atoms with E-state index >= 15 is 0 Å². The molecular formula is C13H8N2O. The lowest BCUT2D eigenvalue weighted by Gasteiger charge is -1.97. The van der Waals surface area contributed by atoms with Crippen LogP contribution in [0.3, 0.4) is 0 Å². The zero-order valence-corrected chi connectivity index (χ0v) is 8.42. The number of carbonyl (C=O) groups is 1. The summed E-state index contributed by atoms with van der Waals surface area (Å²) in [6, 6.07) is 13.0. The van der Waals surface area contributed by atoms with Crippen LogP contribution < -0.4 is 10.6 Å². The summed E-state index contributed by atoms with van der Waals surface area (Å²) in [5.74, 6) is -0.208. The van der Waals surface area contributed by atoms with Gasteiger partial charge in [0, 0.05) is 11.4 Å². The Hall–Kier alpha value is -2.29. The lowest BCUT2D eigenvalue weighted by molar-refractivity contribution is -0.112. The number of carbonyl (C=O) groups excluding carboxylic acids is 1. The average Bonchev–Trinajstić information content (AvgIpc) is 2.66. The van der Waals surface area contributed by atoms with Crippen LogP contribution in [0.15, 0.2) is 53.7 Å². The molecule has 0 atom stereocenters. The van der Waals surface area contributed by atoms with Crippen LogP contribution in [0.2, 0.25) is 0 Å². The number of amides is 1. The van der Waals surface area contributed by atoms with Gasteiger partial charge in [0.15, 0.2) is 0 Å². The summed E-state index contributed by atoms with van der Waals surface area (Å²) in [5.41, 5.74) is 1.28. The quantitative estimate of drug-likeness (QED) is 0.682. The highest BCUT2D eigenvalue weighted by Gasteiger charge is 2.18. The van der Waals surface area contributed by atoms with Crippen molar-refractivity contribution in [3.05, 3.63) is 64.9 Å². The fourth-order valence-corrected chi connectivity index (χ4v) is 1.82. The van der Waals surface area contributed by atoms with Gasteiger partial charge in [-0.1, -0.05) is 24.3 Å². The number of benzene rings is 1. The molecule has 3 nitrogen and oxygen atoms in total. The molecule has 1 aromatic carbocycles. The number of para-hydroxylation sites is 1. The summed E-state index contributed by atoms with van der Waals surface area (Å²) in [4.78, 5) is 20.0. The minimum absolute atomic E-state index is 0.208. The fourth-order valence-electron chi connectivity index (χ4n) is 1.82. The molecule has 1 aliphatic rings. The molecule has 1 aliphatic heterocycles. The van der Waals surface area contributed by atoms with Crippen molar-refractivity contribution in [3.63, 3.8) is 0 Å². The molecule has 76 valence electrons. The normalized spacial score (nSPS) is 13.5. The maximum atomic E-state index is 11.8. The molecule has 0 saturated carbocycles. The Morgan fingerprint density at radius 1 is 0.938 bits per heavy atom. The average molecular weight is 208 g/mol. The maximum absolute atomic E-state index is 11.8. The van der Waals surface area contributed by atoms with E-state index in [0.717, 1.165) is 10.6 Å². The monoisotopic (exact) mass is 208 g/mol. The van der Waals surface area contributed by atoms with Crippen molar-refractivity contribution in [2.45, 2.75) is 0 Å². The topological polar surface area (TPSA) is 42.3 Å². The second-order valence-corrected chi connectivity index (χ2v) is 3.52. The zero-order chi connectivity index (χ0) is 11.0. The number of hydrogen-bond donors (Lipinski definition) is 0. The van der Waals surface area contributed by atoms with Gasteiger partial charge < -0.3 is 0 Å². The van der Waals surface area contributed by atoms with E-state index in [1.807, 2.05) is 42.5 Å². The number of rotatable bonds is 1. The van der Waals surface area contributed by atoms with Crippen molar-refractivity contribution in [1.29, 1.82) is 0 Å². The van der Waals surface area contributed by atoms with E-state index < -0.39 is 0 Å². The molecule has 0 saturated heterocycles. The second kappa shape index (κ2) is 3.38. The van der Waals surface area contributed by atoms with Gasteiger partial charge in [-0.05, 0) is 18.2 Å². The molecule has 1 aromatic heterocycles. The number of aromatic nitrogens is 1. The molecule has 0 spiro atoms. The standard InChI is InChI=1S/C13H8N2O/c16-13-12(11-7-3-4-8-14-11)9-5-1-2-6-10(9)15-13/h1-8H. The van der Waals surface area contributed by atoms with E-state index in [4.69, 9.17) is 0 Å².